The smallest absolute Gasteiger partial charge is 0.164 e. The molecule has 49 heavy (non-hydrogen) atoms. The van der Waals surface area contributed by atoms with Crippen LogP contribution in [0, 0.1) is 0 Å². The number of fused-ring (bicyclic) bond motifs is 6. The SMILES string of the molecule is c1ccc2cc(-c3nc(-c4ccc5ccccc5c4)nc(-c4cccc5ccc(-c6cccc7oc8ccccc8c67)cc45)n3)ccc2c1. The van der Waals surface area contributed by atoms with E-state index in [0.29, 0.717) is 17.5 Å². The van der Waals surface area contributed by atoms with Gasteiger partial charge in [0.05, 0.1) is 0 Å². The van der Waals surface area contributed by atoms with E-state index in [1.54, 1.807) is 0 Å². The lowest BCUT2D eigenvalue weighted by Gasteiger charge is -2.12. The summed E-state index contributed by atoms with van der Waals surface area (Å²) >= 11 is 0. The summed E-state index contributed by atoms with van der Waals surface area (Å²) in [6.45, 7) is 0. The van der Waals surface area contributed by atoms with Crippen LogP contribution in [0.4, 0.5) is 0 Å². The van der Waals surface area contributed by atoms with Gasteiger partial charge in [0, 0.05) is 27.5 Å². The van der Waals surface area contributed by atoms with Crippen molar-refractivity contribution in [2.24, 2.45) is 0 Å². The first-order chi connectivity index (χ1) is 24.2. The second-order valence-corrected chi connectivity index (χ2v) is 12.4. The van der Waals surface area contributed by atoms with Gasteiger partial charge in [0.15, 0.2) is 17.5 Å². The van der Waals surface area contributed by atoms with Crippen molar-refractivity contribution in [2.45, 2.75) is 0 Å². The number of hydrogen-bond acceptors (Lipinski definition) is 4. The third-order valence-electron chi connectivity index (χ3n) is 9.49. The Kier molecular flexibility index (Phi) is 6.15. The van der Waals surface area contributed by atoms with Crippen molar-refractivity contribution in [2.75, 3.05) is 0 Å². The first-order valence-corrected chi connectivity index (χ1v) is 16.4. The highest BCUT2D eigenvalue weighted by Crippen LogP contribution is 2.39. The fourth-order valence-electron chi connectivity index (χ4n) is 7.06. The number of para-hydroxylation sites is 1. The highest BCUT2D eigenvalue weighted by Gasteiger charge is 2.17. The topological polar surface area (TPSA) is 51.8 Å². The fourth-order valence-corrected chi connectivity index (χ4v) is 7.06. The van der Waals surface area contributed by atoms with E-state index in [0.717, 1.165) is 71.3 Å². The molecule has 10 aromatic rings. The normalized spacial score (nSPS) is 11.7. The van der Waals surface area contributed by atoms with Crippen LogP contribution < -0.4 is 0 Å². The molecule has 0 amide bonds. The van der Waals surface area contributed by atoms with Crippen LogP contribution in [-0.2, 0) is 0 Å². The van der Waals surface area contributed by atoms with Crippen LogP contribution in [0.3, 0.4) is 0 Å². The average Bonchev–Trinajstić information content (AvgIpc) is 3.56. The molecule has 0 radical (unpaired) electrons. The molecule has 0 aliphatic rings. The molecule has 0 aliphatic carbocycles. The molecule has 4 heteroatoms. The van der Waals surface area contributed by atoms with Crippen molar-refractivity contribution in [1.82, 2.24) is 15.0 Å². The van der Waals surface area contributed by atoms with Crippen LogP contribution in [0.2, 0.25) is 0 Å². The average molecular weight is 626 g/mol. The van der Waals surface area contributed by atoms with Crippen LogP contribution in [0.25, 0.3) is 99.5 Å². The highest BCUT2D eigenvalue weighted by molar-refractivity contribution is 6.13. The molecule has 228 valence electrons. The lowest BCUT2D eigenvalue weighted by molar-refractivity contribution is 0.669. The first kappa shape index (κ1) is 27.5. The van der Waals surface area contributed by atoms with E-state index in [1.807, 2.05) is 18.2 Å². The van der Waals surface area contributed by atoms with Crippen molar-refractivity contribution >= 4 is 54.3 Å². The highest BCUT2D eigenvalue weighted by atomic mass is 16.3. The Morgan fingerprint density at radius 2 is 0.857 bits per heavy atom. The zero-order chi connectivity index (χ0) is 32.3. The van der Waals surface area contributed by atoms with Gasteiger partial charge in [-0.2, -0.15) is 0 Å². The molecule has 0 saturated heterocycles. The van der Waals surface area contributed by atoms with Crippen LogP contribution in [0.5, 0.6) is 0 Å². The molecule has 2 heterocycles. The summed E-state index contributed by atoms with van der Waals surface area (Å²) < 4.78 is 6.23. The van der Waals surface area contributed by atoms with Crippen molar-refractivity contribution in [3.05, 3.63) is 164 Å². The van der Waals surface area contributed by atoms with Crippen LogP contribution in [0.1, 0.15) is 0 Å². The minimum Gasteiger partial charge on any atom is -0.456 e. The van der Waals surface area contributed by atoms with Crippen molar-refractivity contribution in [3.8, 4) is 45.3 Å². The molecule has 0 atom stereocenters. The Morgan fingerprint density at radius 1 is 0.327 bits per heavy atom. The third kappa shape index (κ3) is 4.65. The minimum absolute atomic E-state index is 0.635. The van der Waals surface area contributed by atoms with Crippen LogP contribution >= 0.6 is 0 Å². The Balaban J connectivity index is 1.20. The number of nitrogens with zero attached hydrogens (tertiary/aromatic N) is 3. The minimum atomic E-state index is 0.635. The summed E-state index contributed by atoms with van der Waals surface area (Å²) in [5, 5.41) is 9.06. The molecular formula is C45H27N3O. The van der Waals surface area contributed by atoms with Crippen LogP contribution in [0.15, 0.2) is 168 Å². The van der Waals surface area contributed by atoms with Gasteiger partial charge in [0.1, 0.15) is 11.2 Å². The Bertz CT molecular complexity index is 2810. The maximum absolute atomic E-state index is 6.23. The van der Waals surface area contributed by atoms with Gasteiger partial charge in [-0.1, -0.05) is 133 Å². The molecule has 0 saturated carbocycles. The van der Waals surface area contributed by atoms with E-state index in [1.165, 1.54) is 10.8 Å². The molecule has 4 nitrogen and oxygen atoms in total. The molecular weight excluding hydrogens is 599 g/mol. The molecule has 10 rings (SSSR count). The van der Waals surface area contributed by atoms with Gasteiger partial charge < -0.3 is 4.42 Å². The summed E-state index contributed by atoms with van der Waals surface area (Å²) in [6.07, 6.45) is 0. The van der Waals surface area contributed by atoms with E-state index in [2.05, 4.69) is 146 Å². The largest absolute Gasteiger partial charge is 0.456 e. The summed E-state index contributed by atoms with van der Waals surface area (Å²) in [4.78, 5) is 15.4. The van der Waals surface area contributed by atoms with E-state index in [-0.39, 0.29) is 0 Å². The van der Waals surface area contributed by atoms with Crippen molar-refractivity contribution < 1.29 is 4.42 Å². The fraction of sp³-hybridized carbons (Fsp3) is 0. The summed E-state index contributed by atoms with van der Waals surface area (Å²) in [6, 6.07) is 57.0. The molecule has 8 aromatic carbocycles. The quantitative estimate of drug-likeness (QED) is 0.195. The maximum Gasteiger partial charge on any atom is 0.164 e. The molecule has 0 unspecified atom stereocenters. The van der Waals surface area contributed by atoms with Gasteiger partial charge in [-0.25, -0.2) is 15.0 Å². The summed E-state index contributed by atoms with van der Waals surface area (Å²) in [5.74, 6) is 1.92. The van der Waals surface area contributed by atoms with E-state index < -0.39 is 0 Å². The standard InChI is InChI=1S/C45H27N3O/c1-3-11-31-25-34(23-19-28(31)9-1)43-46-44(35-24-20-29-10-2-4-12-32(29)26-35)48-45(47-43)37-16-7-13-30-21-22-33(27-39(30)37)36-15-8-18-41-42(36)38-14-5-6-17-40(38)49-41/h1-27H. The maximum atomic E-state index is 6.23. The number of rotatable bonds is 4. The first-order valence-electron chi connectivity index (χ1n) is 16.4. The van der Waals surface area contributed by atoms with Crippen molar-refractivity contribution in [1.29, 1.82) is 0 Å². The molecule has 0 N–H and O–H groups in total. The van der Waals surface area contributed by atoms with Gasteiger partial charge in [0.2, 0.25) is 0 Å². The lowest BCUT2D eigenvalue weighted by Crippen LogP contribution is -2.00. The van der Waals surface area contributed by atoms with E-state index >= 15 is 0 Å². The summed E-state index contributed by atoms with van der Waals surface area (Å²) in [5.41, 5.74) is 6.85. The van der Waals surface area contributed by atoms with Gasteiger partial charge in [-0.15, -0.1) is 0 Å². The van der Waals surface area contributed by atoms with Gasteiger partial charge in [-0.05, 0) is 73.8 Å². The van der Waals surface area contributed by atoms with Crippen molar-refractivity contribution in [3.63, 3.8) is 0 Å². The van der Waals surface area contributed by atoms with E-state index in [9.17, 15) is 0 Å². The number of aromatic nitrogens is 3. The van der Waals surface area contributed by atoms with Gasteiger partial charge in [-0.3, -0.25) is 0 Å². The second-order valence-electron chi connectivity index (χ2n) is 12.4. The molecule has 0 bridgehead atoms. The Hall–Kier alpha value is -6.65. The Morgan fingerprint density at radius 3 is 1.59 bits per heavy atom. The monoisotopic (exact) mass is 625 g/mol. The molecule has 2 aromatic heterocycles. The molecule has 0 aliphatic heterocycles. The predicted molar refractivity (Wildman–Crippen MR) is 201 cm³/mol. The second kappa shape index (κ2) is 11.0. The molecule has 0 fully saturated rings. The number of benzene rings is 8. The van der Waals surface area contributed by atoms with Crippen LogP contribution in [-0.4, -0.2) is 15.0 Å². The zero-order valence-corrected chi connectivity index (χ0v) is 26.3. The predicted octanol–water partition coefficient (Wildman–Crippen LogP) is 11.9. The third-order valence-corrected chi connectivity index (χ3v) is 9.49. The van der Waals surface area contributed by atoms with E-state index in [4.69, 9.17) is 19.4 Å². The number of hydrogen-bond donors (Lipinski definition) is 0. The van der Waals surface area contributed by atoms with Gasteiger partial charge in [0.25, 0.3) is 0 Å². The lowest BCUT2D eigenvalue weighted by atomic mass is 9.95. The van der Waals surface area contributed by atoms with Gasteiger partial charge >= 0.3 is 0 Å². The zero-order valence-electron chi connectivity index (χ0n) is 26.3. The number of furan rings is 1. The molecule has 0 spiro atoms. The Labute approximate surface area is 282 Å². The summed E-state index contributed by atoms with van der Waals surface area (Å²) in [7, 11) is 0.